The molecule has 0 radical (unpaired) electrons. The van der Waals surface area contributed by atoms with Crippen molar-refractivity contribution in [3.05, 3.63) is 24.5 Å². The normalized spacial score (nSPS) is 10.1. The molecule has 2 aromatic rings. The van der Waals surface area contributed by atoms with Crippen molar-refractivity contribution in [1.29, 1.82) is 0 Å². The molecule has 0 atom stereocenters. The van der Waals surface area contributed by atoms with E-state index in [1.54, 1.807) is 33.5 Å². The second-order valence-electron chi connectivity index (χ2n) is 3.27. The Kier molecular flexibility index (Phi) is 3.18. The third-order valence-corrected chi connectivity index (χ3v) is 2.42. The van der Waals surface area contributed by atoms with Gasteiger partial charge in [0.2, 0.25) is 5.75 Å². The van der Waals surface area contributed by atoms with Crippen LogP contribution < -0.4 is 14.2 Å². The zero-order chi connectivity index (χ0) is 12.3. The highest BCUT2D eigenvalue weighted by Crippen LogP contribution is 2.43. The number of ether oxygens (including phenoxy) is 3. The van der Waals surface area contributed by atoms with Crippen molar-refractivity contribution in [2.24, 2.45) is 0 Å². The summed E-state index contributed by atoms with van der Waals surface area (Å²) in [5.41, 5.74) is 1.47. The SMILES string of the molecule is COc1ccc(-c2ccon2)c(OC)c1OC. The summed E-state index contributed by atoms with van der Waals surface area (Å²) in [6, 6.07) is 5.40. The molecular formula is C12H13NO4. The van der Waals surface area contributed by atoms with E-state index in [1.165, 1.54) is 6.26 Å². The summed E-state index contributed by atoms with van der Waals surface area (Å²) in [5.74, 6) is 1.72. The smallest absolute Gasteiger partial charge is 0.203 e. The van der Waals surface area contributed by atoms with Gasteiger partial charge in [-0.2, -0.15) is 0 Å². The Balaban J connectivity index is 2.61. The first-order chi connectivity index (χ1) is 8.31. The molecule has 0 fully saturated rings. The Morgan fingerprint density at radius 1 is 0.941 bits per heavy atom. The van der Waals surface area contributed by atoms with Gasteiger partial charge in [0.05, 0.1) is 21.3 Å². The molecule has 0 N–H and O–H groups in total. The first-order valence-electron chi connectivity index (χ1n) is 5.01. The van der Waals surface area contributed by atoms with Crippen LogP contribution in [-0.2, 0) is 0 Å². The first kappa shape index (κ1) is 11.3. The second-order valence-corrected chi connectivity index (χ2v) is 3.27. The molecule has 0 bridgehead atoms. The Bertz CT molecular complexity index is 493. The summed E-state index contributed by atoms with van der Waals surface area (Å²) in [7, 11) is 4.71. The molecule has 1 aromatic carbocycles. The minimum absolute atomic E-state index is 0.538. The zero-order valence-corrected chi connectivity index (χ0v) is 9.89. The molecule has 2 rings (SSSR count). The van der Waals surface area contributed by atoms with Crippen LogP contribution in [0.5, 0.6) is 17.2 Å². The summed E-state index contributed by atoms with van der Waals surface area (Å²) in [4.78, 5) is 0. The lowest BCUT2D eigenvalue weighted by molar-refractivity contribution is 0.325. The number of methoxy groups -OCH3 is 3. The van der Waals surface area contributed by atoms with E-state index >= 15 is 0 Å². The quantitative estimate of drug-likeness (QED) is 0.814. The van der Waals surface area contributed by atoms with Crippen LogP contribution in [0.25, 0.3) is 11.3 Å². The Hall–Kier alpha value is -2.17. The fourth-order valence-electron chi connectivity index (χ4n) is 1.65. The maximum absolute atomic E-state index is 5.35. The fraction of sp³-hybridized carbons (Fsp3) is 0.250. The highest BCUT2D eigenvalue weighted by molar-refractivity contribution is 5.73. The number of aromatic nitrogens is 1. The number of nitrogens with zero attached hydrogens (tertiary/aromatic N) is 1. The van der Waals surface area contributed by atoms with Crippen LogP contribution in [0.3, 0.4) is 0 Å². The van der Waals surface area contributed by atoms with Crippen molar-refractivity contribution < 1.29 is 18.7 Å². The maximum Gasteiger partial charge on any atom is 0.203 e. The monoisotopic (exact) mass is 235 g/mol. The molecule has 5 heteroatoms. The third kappa shape index (κ3) is 1.91. The molecule has 0 aliphatic rings. The van der Waals surface area contributed by atoms with Gasteiger partial charge >= 0.3 is 0 Å². The van der Waals surface area contributed by atoms with Crippen molar-refractivity contribution in [1.82, 2.24) is 5.16 Å². The van der Waals surface area contributed by atoms with Crippen molar-refractivity contribution in [2.75, 3.05) is 21.3 Å². The lowest BCUT2D eigenvalue weighted by Gasteiger charge is -2.14. The van der Waals surface area contributed by atoms with Crippen molar-refractivity contribution in [3.63, 3.8) is 0 Å². The van der Waals surface area contributed by atoms with Crippen LogP contribution in [0.15, 0.2) is 29.0 Å². The molecule has 17 heavy (non-hydrogen) atoms. The second kappa shape index (κ2) is 4.78. The summed E-state index contributed by atoms with van der Waals surface area (Å²) < 4.78 is 20.7. The summed E-state index contributed by atoms with van der Waals surface area (Å²) >= 11 is 0. The molecule has 0 saturated heterocycles. The number of hydrogen-bond acceptors (Lipinski definition) is 5. The average molecular weight is 235 g/mol. The lowest BCUT2D eigenvalue weighted by Crippen LogP contribution is -1.96. The van der Waals surface area contributed by atoms with E-state index in [-0.39, 0.29) is 0 Å². The van der Waals surface area contributed by atoms with Crippen LogP contribution in [0.1, 0.15) is 0 Å². The van der Waals surface area contributed by atoms with Gasteiger partial charge in [-0.1, -0.05) is 5.16 Å². The summed E-state index contributed by atoms with van der Waals surface area (Å²) in [6.45, 7) is 0. The molecule has 0 aliphatic carbocycles. The fourth-order valence-corrected chi connectivity index (χ4v) is 1.65. The largest absolute Gasteiger partial charge is 0.493 e. The molecule has 0 spiro atoms. The minimum atomic E-state index is 0.538. The molecule has 90 valence electrons. The van der Waals surface area contributed by atoms with Gasteiger partial charge in [-0.3, -0.25) is 0 Å². The number of hydrogen-bond donors (Lipinski definition) is 0. The van der Waals surface area contributed by atoms with Gasteiger partial charge < -0.3 is 18.7 Å². The van der Waals surface area contributed by atoms with Crippen molar-refractivity contribution in [3.8, 4) is 28.5 Å². The van der Waals surface area contributed by atoms with Crippen LogP contribution in [0.2, 0.25) is 0 Å². The number of rotatable bonds is 4. The van der Waals surface area contributed by atoms with Crippen LogP contribution in [-0.4, -0.2) is 26.5 Å². The van der Waals surface area contributed by atoms with E-state index in [1.807, 2.05) is 6.07 Å². The van der Waals surface area contributed by atoms with E-state index in [0.29, 0.717) is 22.9 Å². The van der Waals surface area contributed by atoms with Gasteiger partial charge in [0, 0.05) is 11.6 Å². The third-order valence-electron chi connectivity index (χ3n) is 2.42. The molecule has 5 nitrogen and oxygen atoms in total. The average Bonchev–Trinajstić information content (AvgIpc) is 2.90. The first-order valence-corrected chi connectivity index (χ1v) is 5.01. The highest BCUT2D eigenvalue weighted by atomic mass is 16.5. The molecule has 1 aromatic heterocycles. The van der Waals surface area contributed by atoms with Gasteiger partial charge in [0.25, 0.3) is 0 Å². The standard InChI is InChI=1S/C12H13NO4/c1-14-10-5-4-8(9-6-7-17-13-9)11(15-2)12(10)16-3/h4-7H,1-3H3. The summed E-state index contributed by atoms with van der Waals surface area (Å²) in [6.07, 6.45) is 1.51. The number of benzene rings is 1. The van der Waals surface area contributed by atoms with Crippen molar-refractivity contribution in [2.45, 2.75) is 0 Å². The molecule has 0 amide bonds. The van der Waals surface area contributed by atoms with E-state index in [0.717, 1.165) is 5.56 Å². The van der Waals surface area contributed by atoms with Gasteiger partial charge in [-0.25, -0.2) is 0 Å². The van der Waals surface area contributed by atoms with Gasteiger partial charge in [0.15, 0.2) is 11.5 Å². The Morgan fingerprint density at radius 3 is 2.24 bits per heavy atom. The molecule has 0 unspecified atom stereocenters. The minimum Gasteiger partial charge on any atom is -0.493 e. The zero-order valence-electron chi connectivity index (χ0n) is 9.89. The molecule has 0 saturated carbocycles. The molecular weight excluding hydrogens is 222 g/mol. The Labute approximate surface area is 98.9 Å². The highest BCUT2D eigenvalue weighted by Gasteiger charge is 2.18. The lowest BCUT2D eigenvalue weighted by atomic mass is 10.1. The summed E-state index contributed by atoms with van der Waals surface area (Å²) in [5, 5.41) is 3.87. The van der Waals surface area contributed by atoms with E-state index in [2.05, 4.69) is 5.16 Å². The van der Waals surface area contributed by atoms with Crippen LogP contribution in [0.4, 0.5) is 0 Å². The topological polar surface area (TPSA) is 53.7 Å². The van der Waals surface area contributed by atoms with E-state index < -0.39 is 0 Å². The van der Waals surface area contributed by atoms with Gasteiger partial charge in [-0.15, -0.1) is 0 Å². The molecule has 1 heterocycles. The van der Waals surface area contributed by atoms with Crippen LogP contribution in [0, 0.1) is 0 Å². The predicted octanol–water partition coefficient (Wildman–Crippen LogP) is 2.37. The Morgan fingerprint density at radius 2 is 1.71 bits per heavy atom. The molecule has 0 aliphatic heterocycles. The van der Waals surface area contributed by atoms with Crippen molar-refractivity contribution >= 4 is 0 Å². The maximum atomic E-state index is 5.35. The van der Waals surface area contributed by atoms with Gasteiger partial charge in [-0.05, 0) is 12.1 Å². The van der Waals surface area contributed by atoms with Crippen LogP contribution >= 0.6 is 0 Å². The predicted molar refractivity (Wildman–Crippen MR) is 61.6 cm³/mol. The van der Waals surface area contributed by atoms with Gasteiger partial charge in [0.1, 0.15) is 12.0 Å². The van der Waals surface area contributed by atoms with E-state index in [4.69, 9.17) is 18.7 Å². The van der Waals surface area contributed by atoms with E-state index in [9.17, 15) is 0 Å².